The predicted molar refractivity (Wildman–Crippen MR) is 239 cm³/mol. The lowest BCUT2D eigenvalue weighted by Crippen LogP contribution is -2.44. The number of rotatable bonds is 22. The fourth-order valence-corrected chi connectivity index (χ4v) is 9.90. The Kier molecular flexibility index (Phi) is 17.1. The summed E-state index contributed by atoms with van der Waals surface area (Å²) in [7, 11) is 3.05. The number of hydrogen-bond donors (Lipinski definition) is 1. The number of aromatic nitrogens is 2. The van der Waals surface area contributed by atoms with Crippen LogP contribution in [0.25, 0.3) is 0 Å². The van der Waals surface area contributed by atoms with Crippen LogP contribution in [-0.2, 0) is 38.6 Å². The number of carbonyl (C=O) groups excluding carboxylic acids is 1. The Balaban J connectivity index is 1.68. The molecule has 2 unspecified atom stereocenters. The number of nitrogen functional groups attached to an aromatic ring is 1. The van der Waals surface area contributed by atoms with Crippen molar-refractivity contribution in [1.29, 1.82) is 0 Å². The van der Waals surface area contributed by atoms with E-state index in [1.807, 2.05) is 107 Å². The second-order valence-electron chi connectivity index (χ2n) is 16.0. The molecule has 334 valence electrons. The Morgan fingerprint density at radius 3 is 1.98 bits per heavy atom. The number of esters is 1. The van der Waals surface area contributed by atoms with Gasteiger partial charge in [-0.15, -0.1) is 12.3 Å². The minimum Gasteiger partial charge on any atom is -0.497 e. The summed E-state index contributed by atoms with van der Waals surface area (Å²) >= 11 is 0. The molecule has 4 aromatic rings. The largest absolute Gasteiger partial charge is 0.497 e. The van der Waals surface area contributed by atoms with Crippen LogP contribution >= 0.6 is 8.30 Å². The third kappa shape index (κ3) is 11.6. The molecular formula is C47H61N4O10P. The van der Waals surface area contributed by atoms with Crippen molar-refractivity contribution in [3.8, 4) is 23.8 Å². The van der Waals surface area contributed by atoms with Gasteiger partial charge in [-0.3, -0.25) is 14.0 Å². The molecule has 5 rings (SSSR count). The van der Waals surface area contributed by atoms with Crippen molar-refractivity contribution in [2.75, 3.05) is 53.0 Å². The van der Waals surface area contributed by atoms with E-state index in [0.29, 0.717) is 11.5 Å². The third-order valence-corrected chi connectivity index (χ3v) is 12.8. The third-order valence-electron chi connectivity index (χ3n) is 10.4. The number of terminal acetylenes is 1. The summed E-state index contributed by atoms with van der Waals surface area (Å²) in [6, 6.07) is 26.7. The molecule has 0 saturated carbocycles. The zero-order chi connectivity index (χ0) is 45.0. The first kappa shape index (κ1) is 48.2. The molecule has 2 N–H and O–H groups in total. The summed E-state index contributed by atoms with van der Waals surface area (Å²) in [4.78, 5) is 31.4. The fourth-order valence-electron chi connectivity index (χ4n) is 7.70. The summed E-state index contributed by atoms with van der Waals surface area (Å²) in [6.07, 6.45) is 3.50. The molecule has 15 heteroatoms. The van der Waals surface area contributed by atoms with Crippen LogP contribution in [0, 0.1) is 12.3 Å². The maximum atomic E-state index is 13.9. The zero-order valence-electron chi connectivity index (χ0n) is 37.2. The Hall–Kier alpha value is -4.84. The van der Waals surface area contributed by atoms with Crippen molar-refractivity contribution < 1.29 is 42.5 Å². The van der Waals surface area contributed by atoms with Crippen LogP contribution in [0.4, 0.5) is 5.82 Å². The van der Waals surface area contributed by atoms with Crippen molar-refractivity contribution >= 4 is 20.1 Å². The Bertz CT molecular complexity index is 2070. The maximum Gasteiger partial charge on any atom is 0.351 e. The number of methoxy groups -OCH3 is 3. The van der Waals surface area contributed by atoms with Gasteiger partial charge in [0.15, 0.2) is 6.23 Å². The number of nitrogens with two attached hydrogens (primary N) is 1. The summed E-state index contributed by atoms with van der Waals surface area (Å²) in [5.74, 6) is 3.53. The molecule has 1 aliphatic heterocycles. The molecule has 1 aliphatic rings. The summed E-state index contributed by atoms with van der Waals surface area (Å²) in [6.45, 7) is 12.0. The fraction of sp³-hybridized carbons (Fsp3) is 0.468. The monoisotopic (exact) mass is 872 g/mol. The lowest BCUT2D eigenvalue weighted by Gasteiger charge is -2.40. The summed E-state index contributed by atoms with van der Waals surface area (Å²) in [5, 5.41) is 0. The highest BCUT2D eigenvalue weighted by molar-refractivity contribution is 7.51. The average molecular weight is 873 g/mol. The second-order valence-corrected chi connectivity index (χ2v) is 17.7. The number of benzene rings is 3. The van der Waals surface area contributed by atoms with Crippen molar-refractivity contribution in [2.45, 2.75) is 95.8 Å². The molecule has 1 saturated heterocycles. The first-order valence-electron chi connectivity index (χ1n) is 20.6. The van der Waals surface area contributed by atoms with Crippen molar-refractivity contribution in [3.05, 3.63) is 118 Å². The van der Waals surface area contributed by atoms with Crippen LogP contribution in [-0.4, -0.2) is 103 Å². The number of ether oxygens (including phenoxy) is 7. The van der Waals surface area contributed by atoms with E-state index < -0.39 is 55.7 Å². The Morgan fingerprint density at radius 2 is 1.47 bits per heavy atom. The van der Waals surface area contributed by atoms with Crippen LogP contribution in [0.15, 0.2) is 95.9 Å². The van der Waals surface area contributed by atoms with E-state index in [2.05, 4.69) is 15.6 Å². The summed E-state index contributed by atoms with van der Waals surface area (Å²) in [5.41, 5.74) is 5.62. The van der Waals surface area contributed by atoms with Crippen LogP contribution < -0.4 is 20.9 Å². The lowest BCUT2D eigenvalue weighted by atomic mass is 9.80. The molecule has 0 amide bonds. The zero-order valence-corrected chi connectivity index (χ0v) is 38.1. The molecule has 62 heavy (non-hydrogen) atoms. The van der Waals surface area contributed by atoms with Crippen LogP contribution in [0.3, 0.4) is 0 Å². The average Bonchev–Trinajstić information content (AvgIpc) is 3.57. The molecule has 0 aliphatic carbocycles. The highest BCUT2D eigenvalue weighted by atomic mass is 31.2. The number of hydrogen-bond acceptors (Lipinski definition) is 13. The molecule has 14 nitrogen and oxygen atoms in total. The molecule has 0 bridgehead atoms. The van der Waals surface area contributed by atoms with Gasteiger partial charge in [-0.2, -0.15) is 4.98 Å². The van der Waals surface area contributed by atoms with E-state index in [9.17, 15) is 9.59 Å². The van der Waals surface area contributed by atoms with Crippen LogP contribution in [0.1, 0.15) is 70.9 Å². The van der Waals surface area contributed by atoms with E-state index in [0.717, 1.165) is 16.7 Å². The summed E-state index contributed by atoms with van der Waals surface area (Å²) < 4.78 is 54.0. The number of anilines is 1. The van der Waals surface area contributed by atoms with E-state index in [4.69, 9.17) is 49.8 Å². The normalized spacial score (nSPS) is 18.5. The van der Waals surface area contributed by atoms with Crippen molar-refractivity contribution in [1.82, 2.24) is 14.2 Å². The van der Waals surface area contributed by atoms with E-state index >= 15 is 0 Å². The maximum absolute atomic E-state index is 13.9. The highest BCUT2D eigenvalue weighted by Gasteiger charge is 2.51. The molecule has 2 heterocycles. The quantitative estimate of drug-likeness (QED) is 0.0285. The minimum atomic E-state index is -1.76. The van der Waals surface area contributed by atoms with Gasteiger partial charge < -0.3 is 43.4 Å². The van der Waals surface area contributed by atoms with E-state index in [1.54, 1.807) is 35.2 Å². The molecule has 5 atom stereocenters. The van der Waals surface area contributed by atoms with Gasteiger partial charge in [0.1, 0.15) is 61.3 Å². The smallest absolute Gasteiger partial charge is 0.351 e. The first-order valence-corrected chi connectivity index (χ1v) is 22.0. The molecule has 0 spiro atoms. The predicted octanol–water partition coefficient (Wildman–Crippen LogP) is 6.94. The van der Waals surface area contributed by atoms with Crippen LogP contribution in [0.2, 0.25) is 0 Å². The minimum absolute atomic E-state index is 0.0481. The molecule has 0 radical (unpaired) electrons. The topological polar surface area (TPSA) is 155 Å². The van der Waals surface area contributed by atoms with E-state index in [-0.39, 0.29) is 50.3 Å². The van der Waals surface area contributed by atoms with Gasteiger partial charge >= 0.3 is 11.7 Å². The highest BCUT2D eigenvalue weighted by Crippen LogP contribution is 2.51. The van der Waals surface area contributed by atoms with Gasteiger partial charge in [-0.25, -0.2) is 4.79 Å². The second kappa shape index (κ2) is 22.0. The number of carbonyl (C=O) groups is 1. The molecule has 1 aromatic heterocycles. The number of nitrogens with zero attached hydrogens (tertiary/aromatic N) is 3. The van der Waals surface area contributed by atoms with Gasteiger partial charge in [-0.05, 0) is 88.6 Å². The first-order chi connectivity index (χ1) is 29.7. The SMILES string of the molecule is C#CCC(C)(C)OC(=O)CP(O[C@@H]1C(OCCOC)[C@H](n2ccc(N)nc2=O)O[C@@H]1COC(c1ccccc1)(c1ccc(OC)cc1)c1ccc(OC)cc1)N(C(C)C)C(C)C. The van der Waals surface area contributed by atoms with Gasteiger partial charge in [-0.1, -0.05) is 54.6 Å². The van der Waals surface area contributed by atoms with Crippen molar-refractivity contribution in [3.63, 3.8) is 0 Å². The van der Waals surface area contributed by atoms with Gasteiger partial charge in [0, 0.05) is 31.8 Å². The Morgan fingerprint density at radius 1 is 0.887 bits per heavy atom. The molecule has 3 aromatic carbocycles. The Labute approximate surface area is 366 Å². The standard InChI is InChI=1S/C47H61N4O10P/c1-11-26-46(6,7)60-41(52)31-62(51(32(2)3)33(4)5)61-42-39(59-44(43(42)57-29-28-54-8)50-27-25-40(48)49-45(50)53)30-58-47(34-15-13-12-14-16-34,35-17-21-37(55-9)22-18-35)36-19-23-38(56-10)24-20-36/h1,12-25,27,32-33,39,42-44H,26,28-31H2,2-10H3,(H2,48,49,53)/t39-,42+,43?,44-,62?/m1/s1. The van der Waals surface area contributed by atoms with E-state index in [1.165, 1.54) is 16.8 Å². The molecule has 1 fully saturated rings. The lowest BCUT2D eigenvalue weighted by molar-refractivity contribution is -0.152. The van der Waals surface area contributed by atoms with Crippen molar-refractivity contribution in [2.24, 2.45) is 0 Å². The molecular weight excluding hydrogens is 812 g/mol. The van der Waals surface area contributed by atoms with Gasteiger partial charge in [0.2, 0.25) is 0 Å². The van der Waals surface area contributed by atoms with Gasteiger partial charge in [0.25, 0.3) is 0 Å². The van der Waals surface area contributed by atoms with Crippen LogP contribution in [0.5, 0.6) is 11.5 Å². The van der Waals surface area contributed by atoms with Gasteiger partial charge in [0.05, 0.1) is 34.0 Å².